The summed E-state index contributed by atoms with van der Waals surface area (Å²) in [6.07, 6.45) is 0. The minimum atomic E-state index is -1.17. The summed E-state index contributed by atoms with van der Waals surface area (Å²) in [5.74, 6) is -0.331. The molecule has 2 aromatic carbocycles. The first-order valence-corrected chi connectivity index (χ1v) is 8.12. The van der Waals surface area contributed by atoms with Crippen molar-refractivity contribution in [1.29, 1.82) is 5.26 Å². The highest BCUT2D eigenvalue weighted by Gasteiger charge is 2.48. The van der Waals surface area contributed by atoms with Gasteiger partial charge in [-0.05, 0) is 42.3 Å². The van der Waals surface area contributed by atoms with E-state index in [-0.39, 0.29) is 12.5 Å². The Balaban J connectivity index is 1.92. The standard InChI is InChI=1S/C18H14BrN3O2/c1-18(14-6-2-4-12(8-14)10-20)16(23)22(17(24)21-18)11-13-5-3-7-15(19)9-13/h2-9H,11H2,1H3,(H,21,24). The minimum Gasteiger partial charge on any atom is -0.319 e. The number of urea groups is 1. The van der Waals surface area contributed by atoms with Crippen LogP contribution >= 0.6 is 15.9 Å². The maximum Gasteiger partial charge on any atom is 0.325 e. The van der Waals surface area contributed by atoms with Crippen LogP contribution in [0, 0.1) is 11.3 Å². The summed E-state index contributed by atoms with van der Waals surface area (Å²) in [7, 11) is 0. The molecule has 0 aromatic heterocycles. The van der Waals surface area contributed by atoms with E-state index in [1.54, 1.807) is 31.2 Å². The summed E-state index contributed by atoms with van der Waals surface area (Å²) in [6, 6.07) is 15.8. The minimum absolute atomic E-state index is 0.192. The maximum absolute atomic E-state index is 12.9. The number of imide groups is 1. The topological polar surface area (TPSA) is 73.2 Å². The van der Waals surface area contributed by atoms with Crippen LogP contribution in [0.25, 0.3) is 0 Å². The fourth-order valence-electron chi connectivity index (χ4n) is 2.75. The molecule has 0 bridgehead atoms. The average Bonchev–Trinajstić information content (AvgIpc) is 2.79. The van der Waals surface area contributed by atoms with Crippen molar-refractivity contribution in [3.8, 4) is 6.07 Å². The largest absolute Gasteiger partial charge is 0.325 e. The molecule has 1 aliphatic rings. The zero-order valence-corrected chi connectivity index (χ0v) is 14.5. The molecule has 3 amide bonds. The number of hydrogen-bond acceptors (Lipinski definition) is 3. The van der Waals surface area contributed by atoms with Gasteiger partial charge in [-0.15, -0.1) is 0 Å². The first-order chi connectivity index (χ1) is 11.4. The van der Waals surface area contributed by atoms with E-state index < -0.39 is 11.6 Å². The van der Waals surface area contributed by atoms with E-state index in [1.165, 1.54) is 4.90 Å². The predicted molar refractivity (Wildman–Crippen MR) is 91.7 cm³/mol. The third kappa shape index (κ3) is 2.79. The molecular formula is C18H14BrN3O2. The van der Waals surface area contributed by atoms with Crippen LogP contribution in [0.15, 0.2) is 53.0 Å². The van der Waals surface area contributed by atoms with Crippen LogP contribution in [0.1, 0.15) is 23.6 Å². The lowest BCUT2D eigenvalue weighted by Crippen LogP contribution is -2.40. The molecule has 1 fully saturated rings. The van der Waals surface area contributed by atoms with E-state index in [0.717, 1.165) is 10.0 Å². The molecule has 0 aliphatic carbocycles. The van der Waals surface area contributed by atoms with Crippen LogP contribution < -0.4 is 5.32 Å². The number of carbonyl (C=O) groups is 2. The van der Waals surface area contributed by atoms with Crippen molar-refractivity contribution in [3.05, 3.63) is 69.7 Å². The van der Waals surface area contributed by atoms with E-state index in [1.807, 2.05) is 30.3 Å². The highest BCUT2D eigenvalue weighted by Crippen LogP contribution is 2.30. The molecule has 1 aliphatic heterocycles. The van der Waals surface area contributed by atoms with E-state index >= 15 is 0 Å². The number of nitrogens with zero attached hydrogens (tertiary/aromatic N) is 2. The van der Waals surface area contributed by atoms with Gasteiger partial charge in [0.1, 0.15) is 5.54 Å². The second-order valence-corrected chi connectivity index (χ2v) is 6.68. The van der Waals surface area contributed by atoms with Crippen molar-refractivity contribution < 1.29 is 9.59 Å². The van der Waals surface area contributed by atoms with Crippen LogP contribution in [0.2, 0.25) is 0 Å². The summed E-state index contributed by atoms with van der Waals surface area (Å²) in [4.78, 5) is 26.4. The molecule has 1 N–H and O–H groups in total. The molecule has 5 nitrogen and oxygen atoms in total. The van der Waals surface area contributed by atoms with Gasteiger partial charge in [-0.2, -0.15) is 5.26 Å². The van der Waals surface area contributed by atoms with Crippen LogP contribution in [0.3, 0.4) is 0 Å². The average molecular weight is 384 g/mol. The van der Waals surface area contributed by atoms with Gasteiger partial charge >= 0.3 is 6.03 Å². The van der Waals surface area contributed by atoms with Crippen molar-refractivity contribution in [1.82, 2.24) is 10.2 Å². The molecule has 24 heavy (non-hydrogen) atoms. The SMILES string of the molecule is CC1(c2cccc(C#N)c2)NC(=O)N(Cc2cccc(Br)c2)C1=O. The summed E-state index contributed by atoms with van der Waals surface area (Å²) in [5, 5.41) is 11.8. The van der Waals surface area contributed by atoms with Gasteiger partial charge in [0, 0.05) is 4.47 Å². The number of halogens is 1. The fraction of sp³-hybridized carbons (Fsp3) is 0.167. The monoisotopic (exact) mass is 383 g/mol. The van der Waals surface area contributed by atoms with Gasteiger partial charge in [-0.1, -0.05) is 40.2 Å². The van der Waals surface area contributed by atoms with Crippen LogP contribution in [0.4, 0.5) is 4.79 Å². The Labute approximate surface area is 148 Å². The Morgan fingerprint density at radius 1 is 1.21 bits per heavy atom. The molecule has 1 saturated heterocycles. The number of carbonyl (C=O) groups excluding carboxylic acids is 2. The highest BCUT2D eigenvalue weighted by atomic mass is 79.9. The first kappa shape index (κ1) is 16.2. The van der Waals surface area contributed by atoms with E-state index in [4.69, 9.17) is 5.26 Å². The Bertz CT molecular complexity index is 875. The molecule has 6 heteroatoms. The van der Waals surface area contributed by atoms with Gasteiger partial charge in [0.15, 0.2) is 0 Å². The number of amides is 3. The quantitative estimate of drug-likeness (QED) is 0.826. The molecule has 120 valence electrons. The number of nitriles is 1. The van der Waals surface area contributed by atoms with E-state index in [0.29, 0.717) is 11.1 Å². The van der Waals surface area contributed by atoms with Crippen molar-refractivity contribution >= 4 is 27.9 Å². The van der Waals surface area contributed by atoms with Crippen molar-refractivity contribution in [2.24, 2.45) is 0 Å². The van der Waals surface area contributed by atoms with Crippen molar-refractivity contribution in [3.63, 3.8) is 0 Å². The second-order valence-electron chi connectivity index (χ2n) is 5.77. The molecular weight excluding hydrogens is 370 g/mol. The smallest absolute Gasteiger partial charge is 0.319 e. The van der Waals surface area contributed by atoms with Gasteiger partial charge in [-0.25, -0.2) is 4.79 Å². The zero-order valence-electron chi connectivity index (χ0n) is 12.9. The lowest BCUT2D eigenvalue weighted by atomic mass is 9.91. The van der Waals surface area contributed by atoms with E-state index in [2.05, 4.69) is 21.2 Å². The van der Waals surface area contributed by atoms with Crippen LogP contribution in [0.5, 0.6) is 0 Å². The molecule has 1 heterocycles. The van der Waals surface area contributed by atoms with Gasteiger partial charge in [-0.3, -0.25) is 9.69 Å². The highest BCUT2D eigenvalue weighted by molar-refractivity contribution is 9.10. The number of nitrogens with one attached hydrogen (secondary N) is 1. The lowest BCUT2D eigenvalue weighted by Gasteiger charge is -2.22. The number of benzene rings is 2. The Kier molecular flexibility index (Phi) is 4.12. The molecule has 0 radical (unpaired) electrons. The first-order valence-electron chi connectivity index (χ1n) is 7.33. The third-order valence-electron chi connectivity index (χ3n) is 4.07. The van der Waals surface area contributed by atoms with Gasteiger partial charge in [0.2, 0.25) is 0 Å². The molecule has 2 aromatic rings. The summed E-state index contributed by atoms with van der Waals surface area (Å²) in [6.45, 7) is 1.85. The van der Waals surface area contributed by atoms with Gasteiger partial charge < -0.3 is 5.32 Å². The summed E-state index contributed by atoms with van der Waals surface area (Å²) >= 11 is 3.38. The summed E-state index contributed by atoms with van der Waals surface area (Å²) in [5.41, 5.74) is 0.719. The Morgan fingerprint density at radius 2 is 1.96 bits per heavy atom. The summed E-state index contributed by atoms with van der Waals surface area (Å²) < 4.78 is 0.886. The maximum atomic E-state index is 12.9. The van der Waals surface area contributed by atoms with Gasteiger partial charge in [0.25, 0.3) is 5.91 Å². The van der Waals surface area contributed by atoms with Crippen molar-refractivity contribution in [2.45, 2.75) is 19.0 Å². The molecule has 1 atom stereocenters. The molecule has 1 unspecified atom stereocenters. The second kappa shape index (κ2) is 6.10. The number of rotatable bonds is 3. The zero-order chi connectivity index (χ0) is 17.3. The Hall–Kier alpha value is -2.65. The molecule has 0 spiro atoms. The van der Waals surface area contributed by atoms with E-state index in [9.17, 15) is 9.59 Å². The van der Waals surface area contributed by atoms with Gasteiger partial charge in [0.05, 0.1) is 18.2 Å². The predicted octanol–water partition coefficient (Wildman–Crippen LogP) is 3.29. The molecule has 3 rings (SSSR count). The third-order valence-corrected chi connectivity index (χ3v) is 4.57. The normalized spacial score (nSPS) is 20.0. The molecule has 0 saturated carbocycles. The number of hydrogen-bond donors (Lipinski definition) is 1. The fourth-order valence-corrected chi connectivity index (χ4v) is 3.20. The van der Waals surface area contributed by atoms with Crippen molar-refractivity contribution in [2.75, 3.05) is 0 Å². The van der Waals surface area contributed by atoms with Crippen LogP contribution in [-0.4, -0.2) is 16.8 Å². The lowest BCUT2D eigenvalue weighted by molar-refractivity contribution is -0.131. The Morgan fingerprint density at radius 3 is 2.67 bits per heavy atom. The van der Waals surface area contributed by atoms with Crippen LogP contribution in [-0.2, 0) is 16.9 Å².